The molecule has 1 aromatic heterocycles. The van der Waals surface area contributed by atoms with Crippen LogP contribution in [-0.4, -0.2) is 38.8 Å². The zero-order valence-corrected chi connectivity index (χ0v) is 14.5. The second-order valence-corrected chi connectivity index (χ2v) is 5.26. The highest BCUT2D eigenvalue weighted by molar-refractivity contribution is 5.65. The number of anilines is 1. The van der Waals surface area contributed by atoms with E-state index in [9.17, 15) is 0 Å². The summed E-state index contributed by atoms with van der Waals surface area (Å²) in [5.74, 6) is 3.15. The number of hydrogen-bond donors (Lipinski definition) is 3. The predicted molar refractivity (Wildman–Crippen MR) is 92.7 cm³/mol. The molecule has 3 aromatic rings. The van der Waals surface area contributed by atoms with Crippen LogP contribution >= 0.6 is 0 Å². The van der Waals surface area contributed by atoms with Crippen LogP contribution in [0, 0.1) is 0 Å². The van der Waals surface area contributed by atoms with Crippen molar-refractivity contribution in [3.8, 4) is 40.1 Å². The van der Waals surface area contributed by atoms with Crippen molar-refractivity contribution in [2.75, 3.05) is 34.2 Å². The standard InChI is InChI=1S/C17H20N4O4/c1-22-13-6-5-10(7-12(13)18)17-19-20-21(17)11-8-14(23-2)16(25-4)15(9-11)24-3/h5-9,20H,18H2,1-4H3/p+1. The smallest absolute Gasteiger partial charge is 0.275 e. The number of ether oxygens (including phenoxy) is 4. The SMILES string of the molecule is COc1ccc(-c2[nH][nH][n+]2-c2cc(OC)c(OC)c(OC)c2)cc1N. The molecule has 0 saturated carbocycles. The second kappa shape index (κ2) is 6.68. The lowest BCUT2D eigenvalue weighted by Crippen LogP contribution is -2.45. The van der Waals surface area contributed by atoms with Crippen LogP contribution in [0.25, 0.3) is 17.1 Å². The van der Waals surface area contributed by atoms with Crippen molar-refractivity contribution in [3.05, 3.63) is 30.3 Å². The van der Waals surface area contributed by atoms with Gasteiger partial charge in [-0.3, -0.25) is 0 Å². The molecule has 4 N–H and O–H groups in total. The first-order valence-electron chi connectivity index (χ1n) is 7.55. The molecule has 25 heavy (non-hydrogen) atoms. The van der Waals surface area contributed by atoms with Gasteiger partial charge in [0, 0.05) is 12.1 Å². The lowest BCUT2D eigenvalue weighted by molar-refractivity contribution is -0.679. The second-order valence-electron chi connectivity index (χ2n) is 5.26. The van der Waals surface area contributed by atoms with Gasteiger partial charge in [-0.15, -0.1) is 9.90 Å². The van der Waals surface area contributed by atoms with Gasteiger partial charge in [0.2, 0.25) is 5.75 Å². The van der Waals surface area contributed by atoms with Gasteiger partial charge in [0.05, 0.1) is 39.7 Å². The molecule has 3 rings (SSSR count). The number of methoxy groups -OCH3 is 4. The van der Waals surface area contributed by atoms with Gasteiger partial charge >= 0.3 is 0 Å². The van der Waals surface area contributed by atoms with Crippen molar-refractivity contribution in [1.82, 2.24) is 10.3 Å². The summed E-state index contributed by atoms with van der Waals surface area (Å²) in [6.45, 7) is 0. The minimum Gasteiger partial charge on any atom is -0.495 e. The van der Waals surface area contributed by atoms with Crippen molar-refractivity contribution in [3.63, 3.8) is 0 Å². The Balaban J connectivity index is 2.05. The number of hydrogen-bond acceptors (Lipinski definition) is 5. The molecule has 1 heterocycles. The zero-order valence-electron chi connectivity index (χ0n) is 14.5. The number of nitrogen functional groups attached to an aromatic ring is 1. The van der Waals surface area contributed by atoms with E-state index < -0.39 is 0 Å². The fourth-order valence-corrected chi connectivity index (χ4v) is 2.64. The van der Waals surface area contributed by atoms with Crippen LogP contribution < -0.4 is 29.4 Å². The lowest BCUT2D eigenvalue weighted by Gasteiger charge is -2.16. The molecule has 0 atom stereocenters. The normalized spacial score (nSPS) is 10.6. The molecule has 8 heteroatoms. The molecule has 2 aromatic carbocycles. The molecule has 0 fully saturated rings. The van der Waals surface area contributed by atoms with Crippen LogP contribution in [0.5, 0.6) is 23.0 Å². The van der Waals surface area contributed by atoms with Gasteiger partial charge in [0.1, 0.15) is 11.4 Å². The van der Waals surface area contributed by atoms with Gasteiger partial charge in [-0.2, -0.15) is 5.10 Å². The molecule has 0 bridgehead atoms. The van der Waals surface area contributed by atoms with Gasteiger partial charge in [0.25, 0.3) is 5.82 Å². The van der Waals surface area contributed by atoms with Crippen LogP contribution in [0.2, 0.25) is 0 Å². The highest BCUT2D eigenvalue weighted by Crippen LogP contribution is 2.38. The van der Waals surface area contributed by atoms with Gasteiger partial charge in [-0.05, 0) is 18.2 Å². The Kier molecular flexibility index (Phi) is 4.42. The molecular formula is C17H21N4O4+. The Morgan fingerprint density at radius 1 is 0.840 bits per heavy atom. The van der Waals surface area contributed by atoms with Gasteiger partial charge in [-0.1, -0.05) is 0 Å². The maximum Gasteiger partial charge on any atom is 0.275 e. The van der Waals surface area contributed by atoms with Crippen molar-refractivity contribution in [2.24, 2.45) is 0 Å². The Morgan fingerprint density at radius 3 is 1.92 bits per heavy atom. The number of rotatable bonds is 6. The third-order valence-electron chi connectivity index (χ3n) is 3.92. The summed E-state index contributed by atoms with van der Waals surface area (Å²) >= 11 is 0. The molecule has 8 nitrogen and oxygen atoms in total. The molecule has 132 valence electrons. The number of aromatic nitrogens is 3. The third-order valence-corrected chi connectivity index (χ3v) is 3.92. The maximum atomic E-state index is 6.00. The Bertz CT molecular complexity index is 860. The molecule has 0 radical (unpaired) electrons. The van der Waals surface area contributed by atoms with Gasteiger partial charge < -0.3 is 24.7 Å². The van der Waals surface area contributed by atoms with Crippen molar-refractivity contribution in [1.29, 1.82) is 0 Å². The summed E-state index contributed by atoms with van der Waals surface area (Å²) in [5.41, 5.74) is 8.29. The van der Waals surface area contributed by atoms with E-state index in [1.165, 1.54) is 0 Å². The predicted octanol–water partition coefficient (Wildman–Crippen LogP) is 1.90. The molecule has 0 unspecified atom stereocenters. The Labute approximate surface area is 145 Å². The van der Waals surface area contributed by atoms with Crippen molar-refractivity contribution < 1.29 is 23.6 Å². The average Bonchev–Trinajstić information content (AvgIpc) is 2.60. The molecule has 0 saturated heterocycles. The van der Waals surface area contributed by atoms with Crippen LogP contribution in [0.1, 0.15) is 0 Å². The van der Waals surface area contributed by atoms with Gasteiger partial charge in [0.15, 0.2) is 11.5 Å². The fourth-order valence-electron chi connectivity index (χ4n) is 2.64. The summed E-state index contributed by atoms with van der Waals surface area (Å²) in [5, 5.41) is 6.08. The first kappa shape index (κ1) is 16.6. The highest BCUT2D eigenvalue weighted by Gasteiger charge is 2.21. The number of H-pyrrole nitrogens is 2. The molecule has 0 spiro atoms. The average molecular weight is 345 g/mol. The lowest BCUT2D eigenvalue weighted by atomic mass is 10.1. The molecule has 0 aliphatic rings. The Hall–Kier alpha value is -3.29. The summed E-state index contributed by atoms with van der Waals surface area (Å²) in [7, 11) is 6.32. The summed E-state index contributed by atoms with van der Waals surface area (Å²) in [6.07, 6.45) is 0. The highest BCUT2D eigenvalue weighted by atomic mass is 16.5. The Morgan fingerprint density at radius 2 is 1.48 bits per heavy atom. The van der Waals surface area contributed by atoms with Crippen molar-refractivity contribution >= 4 is 5.69 Å². The molecule has 0 aliphatic heterocycles. The van der Waals surface area contributed by atoms with E-state index >= 15 is 0 Å². The van der Waals surface area contributed by atoms with Crippen molar-refractivity contribution in [2.45, 2.75) is 0 Å². The summed E-state index contributed by atoms with van der Waals surface area (Å²) in [6, 6.07) is 9.28. The number of nitrogens with one attached hydrogen (secondary N) is 2. The largest absolute Gasteiger partial charge is 0.495 e. The number of nitrogens with two attached hydrogens (primary N) is 1. The van der Waals surface area contributed by atoms with Crippen LogP contribution in [0.4, 0.5) is 5.69 Å². The van der Waals surface area contributed by atoms with E-state index in [2.05, 4.69) is 10.3 Å². The monoisotopic (exact) mass is 345 g/mol. The first-order valence-corrected chi connectivity index (χ1v) is 7.55. The quantitative estimate of drug-likeness (QED) is 0.468. The zero-order chi connectivity index (χ0) is 18.0. The number of benzene rings is 2. The van der Waals surface area contributed by atoms with E-state index in [-0.39, 0.29) is 0 Å². The number of nitrogens with zero attached hydrogens (tertiary/aromatic N) is 1. The fraction of sp³-hybridized carbons (Fsp3) is 0.235. The number of aromatic amines is 2. The molecule has 0 amide bonds. The van der Waals surface area contributed by atoms with E-state index in [0.29, 0.717) is 28.7 Å². The first-order chi connectivity index (χ1) is 12.1. The van der Waals surface area contributed by atoms with E-state index in [0.717, 1.165) is 17.1 Å². The minimum atomic E-state index is 0.539. The van der Waals surface area contributed by atoms with Crippen LogP contribution in [-0.2, 0) is 0 Å². The summed E-state index contributed by atoms with van der Waals surface area (Å²) in [4.78, 5) is 0. The van der Waals surface area contributed by atoms with E-state index in [4.69, 9.17) is 24.7 Å². The maximum absolute atomic E-state index is 6.00. The van der Waals surface area contributed by atoms with Gasteiger partial charge in [-0.25, -0.2) is 0 Å². The third kappa shape index (κ3) is 2.82. The summed E-state index contributed by atoms with van der Waals surface area (Å²) < 4.78 is 23.2. The van der Waals surface area contributed by atoms with Crippen LogP contribution in [0.3, 0.4) is 0 Å². The van der Waals surface area contributed by atoms with E-state index in [1.54, 1.807) is 28.4 Å². The van der Waals surface area contributed by atoms with E-state index in [1.807, 2.05) is 35.0 Å². The van der Waals surface area contributed by atoms with Crippen LogP contribution in [0.15, 0.2) is 30.3 Å². The molecule has 0 aliphatic carbocycles. The minimum absolute atomic E-state index is 0.539. The topological polar surface area (TPSA) is 98.4 Å². The molecular weight excluding hydrogens is 324 g/mol.